The number of nitrogens with one attached hydrogen (secondary N) is 1. The summed E-state index contributed by atoms with van der Waals surface area (Å²) in [5.74, 6) is -1.15. The fourth-order valence-electron chi connectivity index (χ4n) is 4.02. The third kappa shape index (κ3) is 3.22. The van der Waals surface area contributed by atoms with E-state index in [1.54, 1.807) is 48.5 Å². The molecule has 0 saturated carbocycles. The zero-order chi connectivity index (χ0) is 22.2. The highest BCUT2D eigenvalue weighted by Crippen LogP contribution is 2.30. The predicted molar refractivity (Wildman–Crippen MR) is 119 cm³/mol. The predicted octanol–water partition coefficient (Wildman–Crippen LogP) is 2.70. The smallest absolute Gasteiger partial charge is 0.274 e. The fraction of sp³-hybridized carbons (Fsp3) is 0.125. The van der Waals surface area contributed by atoms with Crippen LogP contribution in [0.4, 0.5) is 0 Å². The number of carbonyl (C=O) groups is 3. The second-order valence-electron chi connectivity index (χ2n) is 7.55. The highest BCUT2D eigenvalue weighted by molar-refractivity contribution is 6.25. The van der Waals surface area contributed by atoms with E-state index in [1.807, 2.05) is 12.1 Å². The summed E-state index contributed by atoms with van der Waals surface area (Å²) in [6.45, 7) is 0.0979. The summed E-state index contributed by atoms with van der Waals surface area (Å²) in [5, 5.41) is 1.91. The third-order valence-corrected chi connectivity index (χ3v) is 5.55. The van der Waals surface area contributed by atoms with Gasteiger partial charge in [0.05, 0.1) is 10.9 Å². The number of hydrogen-bond donors (Lipinski definition) is 1. The number of rotatable bonds is 5. The highest BCUT2D eigenvalue weighted by Gasteiger charge is 2.32. The Morgan fingerprint density at radius 2 is 1.56 bits per heavy atom. The molecule has 0 radical (unpaired) electrons. The van der Waals surface area contributed by atoms with E-state index in [1.165, 1.54) is 11.2 Å². The Labute approximate surface area is 182 Å². The minimum Gasteiger partial charge on any atom is -0.274 e. The molecule has 1 aromatic heterocycles. The molecule has 1 N–H and O–H groups in total. The molecule has 0 aliphatic carbocycles. The molecule has 8 heteroatoms. The Balaban J connectivity index is 1.27. The van der Waals surface area contributed by atoms with Crippen LogP contribution in [-0.4, -0.2) is 38.8 Å². The van der Waals surface area contributed by atoms with Crippen molar-refractivity contribution >= 4 is 39.4 Å². The molecular formula is C24H18N4O4. The van der Waals surface area contributed by atoms with Gasteiger partial charge in [-0.1, -0.05) is 36.4 Å². The Kier molecular flexibility index (Phi) is 4.74. The van der Waals surface area contributed by atoms with Crippen molar-refractivity contribution in [2.24, 2.45) is 0 Å². The van der Waals surface area contributed by atoms with E-state index in [-0.39, 0.29) is 36.8 Å². The maximum absolute atomic E-state index is 12.9. The van der Waals surface area contributed by atoms with Crippen molar-refractivity contribution in [2.45, 2.75) is 12.8 Å². The second-order valence-corrected chi connectivity index (χ2v) is 7.55. The van der Waals surface area contributed by atoms with E-state index < -0.39 is 5.91 Å². The molecule has 4 aromatic rings. The van der Waals surface area contributed by atoms with Crippen LogP contribution >= 0.6 is 0 Å². The van der Waals surface area contributed by atoms with E-state index in [4.69, 9.17) is 0 Å². The van der Waals surface area contributed by atoms with Gasteiger partial charge in [0, 0.05) is 29.5 Å². The molecule has 3 aromatic carbocycles. The third-order valence-electron chi connectivity index (χ3n) is 5.55. The molecule has 0 bridgehead atoms. The lowest BCUT2D eigenvalue weighted by Crippen LogP contribution is -2.41. The van der Waals surface area contributed by atoms with Crippen molar-refractivity contribution in [1.82, 2.24) is 14.6 Å². The number of benzene rings is 3. The van der Waals surface area contributed by atoms with Crippen LogP contribution in [0.2, 0.25) is 0 Å². The van der Waals surface area contributed by atoms with Gasteiger partial charge in [0.25, 0.3) is 17.4 Å². The van der Waals surface area contributed by atoms with E-state index in [9.17, 15) is 19.2 Å². The summed E-state index contributed by atoms with van der Waals surface area (Å²) in [6.07, 6.45) is 1.55. The summed E-state index contributed by atoms with van der Waals surface area (Å²) < 4.78 is 1.04. The molecule has 2 heterocycles. The molecule has 5 rings (SSSR count). The van der Waals surface area contributed by atoms with Gasteiger partial charge in [0.1, 0.15) is 6.33 Å². The number of para-hydroxylation sites is 1. The quantitative estimate of drug-likeness (QED) is 0.495. The lowest BCUT2D eigenvalue weighted by atomic mass is 9.94. The molecule has 0 unspecified atom stereocenters. The summed E-state index contributed by atoms with van der Waals surface area (Å²) in [4.78, 5) is 56.0. The van der Waals surface area contributed by atoms with Crippen molar-refractivity contribution in [3.8, 4) is 0 Å². The van der Waals surface area contributed by atoms with Gasteiger partial charge in [-0.3, -0.25) is 29.5 Å². The van der Waals surface area contributed by atoms with Crippen molar-refractivity contribution in [1.29, 1.82) is 0 Å². The Morgan fingerprint density at radius 1 is 0.875 bits per heavy atom. The topological polar surface area (TPSA) is 101 Å². The van der Waals surface area contributed by atoms with Gasteiger partial charge in [0.15, 0.2) is 0 Å². The number of imide groups is 1. The first-order chi connectivity index (χ1) is 15.5. The Bertz CT molecular complexity index is 1420. The number of hydrogen-bond acceptors (Lipinski definition) is 5. The first kappa shape index (κ1) is 19.6. The molecule has 0 saturated heterocycles. The van der Waals surface area contributed by atoms with Crippen LogP contribution in [0.5, 0.6) is 0 Å². The number of nitrogens with zero attached hydrogens (tertiary/aromatic N) is 3. The molecule has 1 aliphatic heterocycles. The number of aromatic nitrogens is 2. The molecule has 0 atom stereocenters. The van der Waals surface area contributed by atoms with E-state index >= 15 is 0 Å². The molecule has 0 spiro atoms. The minimum atomic E-state index is -0.413. The van der Waals surface area contributed by atoms with Crippen LogP contribution in [0, 0.1) is 0 Å². The molecule has 0 fully saturated rings. The monoisotopic (exact) mass is 426 g/mol. The number of fused-ring (bicyclic) bond motifs is 1. The second kappa shape index (κ2) is 7.73. The van der Waals surface area contributed by atoms with Crippen molar-refractivity contribution < 1.29 is 14.4 Å². The molecule has 8 nitrogen and oxygen atoms in total. The van der Waals surface area contributed by atoms with Crippen LogP contribution < -0.4 is 11.0 Å². The standard InChI is InChI=1S/C24H18N4O4/c29-20(26-28-14-25-19-11-2-1-8-16(19)24(28)32)12-5-13-27-22(30)17-9-3-6-15-7-4-10-18(21(15)17)23(27)31/h1-4,6-11,14H,5,12-13H2,(H,26,29). The molecule has 158 valence electrons. The average Bonchev–Trinajstić information content (AvgIpc) is 2.81. The van der Waals surface area contributed by atoms with Gasteiger partial charge >= 0.3 is 0 Å². The summed E-state index contributed by atoms with van der Waals surface area (Å²) in [5.41, 5.74) is 3.64. The molecule has 3 amide bonds. The summed E-state index contributed by atoms with van der Waals surface area (Å²) in [6, 6.07) is 17.6. The maximum Gasteiger partial charge on any atom is 0.280 e. The Hall–Kier alpha value is -4.33. The van der Waals surface area contributed by atoms with Crippen LogP contribution in [0.3, 0.4) is 0 Å². The summed E-state index contributed by atoms with van der Waals surface area (Å²) >= 11 is 0. The minimum absolute atomic E-state index is 0.0299. The Morgan fingerprint density at radius 3 is 2.28 bits per heavy atom. The highest BCUT2D eigenvalue weighted by atomic mass is 16.2. The number of amides is 3. The fourth-order valence-corrected chi connectivity index (χ4v) is 4.02. The maximum atomic E-state index is 12.9. The van der Waals surface area contributed by atoms with Gasteiger partial charge in [-0.15, -0.1) is 0 Å². The summed E-state index contributed by atoms with van der Waals surface area (Å²) in [7, 11) is 0. The largest absolute Gasteiger partial charge is 0.280 e. The van der Waals surface area contributed by atoms with Crippen molar-refractivity contribution in [2.75, 3.05) is 12.0 Å². The SMILES string of the molecule is O=C(CCCN1C(=O)c2cccc3cccc(c23)C1=O)Nn1cnc2ccccc2c1=O. The lowest BCUT2D eigenvalue weighted by Gasteiger charge is -2.27. The molecular weight excluding hydrogens is 408 g/mol. The van der Waals surface area contributed by atoms with Crippen molar-refractivity contribution in [3.05, 3.63) is 88.5 Å². The van der Waals surface area contributed by atoms with Gasteiger partial charge in [-0.2, -0.15) is 0 Å². The van der Waals surface area contributed by atoms with Gasteiger partial charge in [-0.05, 0) is 36.1 Å². The molecule has 32 heavy (non-hydrogen) atoms. The average molecular weight is 426 g/mol. The first-order valence-electron chi connectivity index (χ1n) is 10.2. The lowest BCUT2D eigenvalue weighted by molar-refractivity contribution is -0.117. The normalized spacial score (nSPS) is 13.1. The van der Waals surface area contributed by atoms with E-state index in [2.05, 4.69) is 10.4 Å². The zero-order valence-electron chi connectivity index (χ0n) is 16.9. The van der Waals surface area contributed by atoms with Gasteiger partial charge < -0.3 is 0 Å². The van der Waals surface area contributed by atoms with E-state index in [0.717, 1.165) is 10.1 Å². The van der Waals surface area contributed by atoms with Gasteiger partial charge in [0.2, 0.25) is 5.91 Å². The first-order valence-corrected chi connectivity index (χ1v) is 10.2. The van der Waals surface area contributed by atoms with Gasteiger partial charge in [-0.25, -0.2) is 9.66 Å². The number of carbonyl (C=O) groups excluding carboxylic acids is 3. The zero-order valence-corrected chi connectivity index (χ0v) is 16.9. The van der Waals surface area contributed by atoms with Crippen LogP contribution in [-0.2, 0) is 4.79 Å². The molecule has 1 aliphatic rings. The van der Waals surface area contributed by atoms with Crippen LogP contribution in [0.25, 0.3) is 21.7 Å². The van der Waals surface area contributed by atoms with Crippen molar-refractivity contribution in [3.63, 3.8) is 0 Å². The van der Waals surface area contributed by atoms with Crippen LogP contribution in [0.15, 0.2) is 71.8 Å². The van der Waals surface area contributed by atoms with Crippen LogP contribution in [0.1, 0.15) is 33.6 Å². The van der Waals surface area contributed by atoms with E-state index in [0.29, 0.717) is 27.4 Å².